The van der Waals surface area contributed by atoms with E-state index in [-0.39, 0.29) is 23.4 Å². The van der Waals surface area contributed by atoms with Crippen molar-refractivity contribution in [3.63, 3.8) is 0 Å². The SMILES string of the molecule is COc1cc(/C=C/C(=O)Oc2ccc3cc(C(=O)NCc4ccccc4)c(=O)oc3c2)ccc1OCc1ccc(Cl)cc1. The van der Waals surface area contributed by atoms with E-state index in [1.807, 2.05) is 42.5 Å². The maximum Gasteiger partial charge on any atom is 0.349 e. The summed E-state index contributed by atoms with van der Waals surface area (Å²) in [5.74, 6) is 0.0440. The van der Waals surface area contributed by atoms with Crippen molar-refractivity contribution < 1.29 is 28.2 Å². The summed E-state index contributed by atoms with van der Waals surface area (Å²) in [6.07, 6.45) is 2.85. The van der Waals surface area contributed by atoms with Crippen molar-refractivity contribution in [1.29, 1.82) is 0 Å². The molecule has 0 atom stereocenters. The molecule has 0 radical (unpaired) electrons. The number of benzene rings is 4. The van der Waals surface area contributed by atoms with Gasteiger partial charge >= 0.3 is 11.6 Å². The van der Waals surface area contributed by atoms with E-state index in [9.17, 15) is 14.4 Å². The molecule has 43 heavy (non-hydrogen) atoms. The minimum Gasteiger partial charge on any atom is -0.493 e. The Labute approximate surface area is 252 Å². The van der Waals surface area contributed by atoms with E-state index < -0.39 is 17.5 Å². The summed E-state index contributed by atoms with van der Waals surface area (Å²) < 4.78 is 22.1. The molecule has 5 rings (SSSR count). The Hall–Kier alpha value is -5.34. The molecule has 0 spiro atoms. The predicted octanol–water partition coefficient (Wildman–Crippen LogP) is 6.58. The van der Waals surface area contributed by atoms with Gasteiger partial charge in [0.2, 0.25) is 0 Å². The largest absolute Gasteiger partial charge is 0.493 e. The quantitative estimate of drug-likeness (QED) is 0.0841. The highest BCUT2D eigenvalue weighted by molar-refractivity contribution is 6.30. The molecule has 0 unspecified atom stereocenters. The van der Waals surface area contributed by atoms with E-state index in [4.69, 9.17) is 30.2 Å². The highest BCUT2D eigenvalue weighted by Gasteiger charge is 2.15. The molecule has 8 nitrogen and oxygen atoms in total. The van der Waals surface area contributed by atoms with Crippen molar-refractivity contribution in [1.82, 2.24) is 5.32 Å². The number of ether oxygens (including phenoxy) is 3. The number of hydrogen-bond donors (Lipinski definition) is 1. The first-order valence-electron chi connectivity index (χ1n) is 13.2. The molecule has 0 aliphatic rings. The van der Waals surface area contributed by atoms with Crippen molar-refractivity contribution in [2.75, 3.05) is 7.11 Å². The highest BCUT2D eigenvalue weighted by atomic mass is 35.5. The van der Waals surface area contributed by atoms with Gasteiger partial charge in [-0.05, 0) is 65.2 Å². The van der Waals surface area contributed by atoms with Crippen LogP contribution in [0.3, 0.4) is 0 Å². The molecule has 0 aliphatic heterocycles. The average molecular weight is 596 g/mol. The van der Waals surface area contributed by atoms with Gasteiger partial charge in [0.15, 0.2) is 11.5 Å². The van der Waals surface area contributed by atoms with Crippen molar-refractivity contribution in [3.8, 4) is 17.2 Å². The summed E-state index contributed by atoms with van der Waals surface area (Å²) in [6, 6.07) is 28.0. The third-order valence-corrected chi connectivity index (χ3v) is 6.63. The van der Waals surface area contributed by atoms with Crippen LogP contribution in [0, 0.1) is 0 Å². The third-order valence-electron chi connectivity index (χ3n) is 6.37. The molecular weight excluding hydrogens is 570 g/mol. The first-order valence-corrected chi connectivity index (χ1v) is 13.6. The number of fused-ring (bicyclic) bond motifs is 1. The lowest BCUT2D eigenvalue weighted by molar-refractivity contribution is -0.128. The summed E-state index contributed by atoms with van der Waals surface area (Å²) in [7, 11) is 1.53. The summed E-state index contributed by atoms with van der Waals surface area (Å²) in [6.45, 7) is 0.609. The van der Waals surface area contributed by atoms with Crippen LogP contribution in [0.4, 0.5) is 0 Å². The number of amides is 1. The van der Waals surface area contributed by atoms with Crippen molar-refractivity contribution in [2.45, 2.75) is 13.2 Å². The fourth-order valence-corrected chi connectivity index (χ4v) is 4.28. The zero-order valence-electron chi connectivity index (χ0n) is 23.0. The van der Waals surface area contributed by atoms with Gasteiger partial charge in [-0.2, -0.15) is 0 Å². The number of halogens is 1. The van der Waals surface area contributed by atoms with Crippen LogP contribution in [0.2, 0.25) is 5.02 Å². The molecular formula is C34H26ClNO7. The highest BCUT2D eigenvalue weighted by Crippen LogP contribution is 2.29. The van der Waals surface area contributed by atoms with Gasteiger partial charge < -0.3 is 23.9 Å². The van der Waals surface area contributed by atoms with Crippen molar-refractivity contribution in [3.05, 3.63) is 141 Å². The van der Waals surface area contributed by atoms with Gasteiger partial charge in [0, 0.05) is 29.1 Å². The molecule has 4 aromatic carbocycles. The van der Waals surface area contributed by atoms with Crippen LogP contribution in [0.1, 0.15) is 27.0 Å². The molecule has 1 heterocycles. The summed E-state index contributed by atoms with van der Waals surface area (Å²) in [4.78, 5) is 37.6. The molecule has 9 heteroatoms. The predicted molar refractivity (Wildman–Crippen MR) is 164 cm³/mol. The third kappa shape index (κ3) is 7.69. The zero-order valence-corrected chi connectivity index (χ0v) is 23.8. The van der Waals surface area contributed by atoms with Crippen LogP contribution < -0.4 is 25.2 Å². The Bertz CT molecular complexity index is 1850. The molecule has 216 valence electrons. The first-order chi connectivity index (χ1) is 20.9. The van der Waals surface area contributed by atoms with Gasteiger partial charge in [-0.1, -0.05) is 60.1 Å². The second-order valence-corrected chi connectivity index (χ2v) is 9.83. The molecule has 1 N–H and O–H groups in total. The second kappa shape index (κ2) is 13.5. The Balaban J connectivity index is 1.21. The normalized spacial score (nSPS) is 10.9. The average Bonchev–Trinajstić information content (AvgIpc) is 3.02. The van der Waals surface area contributed by atoms with Crippen LogP contribution in [-0.2, 0) is 17.9 Å². The number of methoxy groups -OCH3 is 1. The van der Waals surface area contributed by atoms with Gasteiger partial charge in [0.1, 0.15) is 23.5 Å². The molecule has 0 saturated carbocycles. The zero-order chi connectivity index (χ0) is 30.2. The summed E-state index contributed by atoms with van der Waals surface area (Å²) in [5, 5.41) is 3.87. The maximum atomic E-state index is 12.6. The van der Waals surface area contributed by atoms with Crippen LogP contribution in [0.25, 0.3) is 17.0 Å². The van der Waals surface area contributed by atoms with Crippen molar-refractivity contribution in [2.24, 2.45) is 0 Å². The number of carbonyl (C=O) groups excluding carboxylic acids is 2. The Morgan fingerprint density at radius 1 is 0.884 bits per heavy atom. The van der Waals surface area contributed by atoms with Crippen molar-refractivity contribution >= 4 is 40.5 Å². The van der Waals surface area contributed by atoms with E-state index in [2.05, 4.69) is 5.32 Å². The standard InChI is InChI=1S/C34H26ClNO7/c1-40-31-17-22(9-15-29(31)41-21-24-7-12-26(35)13-8-24)10-16-32(37)42-27-14-11-25-18-28(34(39)43-30(25)19-27)33(38)36-20-23-5-3-2-4-6-23/h2-19H,20-21H2,1H3,(H,36,38)/b16-10+. The minimum absolute atomic E-state index is 0.118. The van der Waals surface area contributed by atoms with Crippen LogP contribution in [0.5, 0.6) is 17.2 Å². The molecule has 0 aliphatic carbocycles. The molecule has 0 fully saturated rings. The number of nitrogens with one attached hydrogen (secondary N) is 1. The molecule has 1 aromatic heterocycles. The minimum atomic E-state index is -0.795. The lowest BCUT2D eigenvalue weighted by atomic mass is 10.1. The molecule has 5 aromatic rings. The lowest BCUT2D eigenvalue weighted by Crippen LogP contribution is -2.27. The Morgan fingerprint density at radius 2 is 1.67 bits per heavy atom. The number of hydrogen-bond acceptors (Lipinski definition) is 7. The van der Waals surface area contributed by atoms with Crippen LogP contribution in [-0.4, -0.2) is 19.0 Å². The van der Waals surface area contributed by atoms with E-state index in [1.165, 1.54) is 25.3 Å². The topological polar surface area (TPSA) is 104 Å². The Kier molecular flexibility index (Phi) is 9.19. The number of carbonyl (C=O) groups is 2. The van der Waals surface area contributed by atoms with Gasteiger partial charge in [0.05, 0.1) is 7.11 Å². The smallest absolute Gasteiger partial charge is 0.349 e. The molecule has 1 amide bonds. The fourth-order valence-electron chi connectivity index (χ4n) is 4.15. The first kappa shape index (κ1) is 29.2. The summed E-state index contributed by atoms with van der Waals surface area (Å²) in [5.41, 5.74) is 1.81. The monoisotopic (exact) mass is 595 g/mol. The lowest BCUT2D eigenvalue weighted by Gasteiger charge is -2.11. The molecule has 0 saturated heterocycles. The van der Waals surface area contributed by atoms with Gasteiger partial charge in [-0.3, -0.25) is 4.79 Å². The van der Waals surface area contributed by atoms with Crippen LogP contribution >= 0.6 is 11.6 Å². The van der Waals surface area contributed by atoms with E-state index in [1.54, 1.807) is 48.5 Å². The van der Waals surface area contributed by atoms with Gasteiger partial charge in [0.25, 0.3) is 5.91 Å². The fraction of sp³-hybridized carbons (Fsp3) is 0.0882. The summed E-state index contributed by atoms with van der Waals surface area (Å²) >= 11 is 5.93. The van der Waals surface area contributed by atoms with E-state index in [0.29, 0.717) is 34.1 Å². The second-order valence-electron chi connectivity index (χ2n) is 9.40. The van der Waals surface area contributed by atoms with Gasteiger partial charge in [-0.25, -0.2) is 9.59 Å². The van der Waals surface area contributed by atoms with Crippen LogP contribution in [0.15, 0.2) is 112 Å². The maximum absolute atomic E-state index is 12.6. The number of rotatable bonds is 10. The Morgan fingerprint density at radius 3 is 2.44 bits per heavy atom. The molecule has 0 bridgehead atoms. The van der Waals surface area contributed by atoms with E-state index >= 15 is 0 Å². The van der Waals surface area contributed by atoms with E-state index in [0.717, 1.165) is 11.1 Å². The van der Waals surface area contributed by atoms with Gasteiger partial charge in [-0.15, -0.1) is 0 Å². The number of esters is 1.